The summed E-state index contributed by atoms with van der Waals surface area (Å²) in [7, 11) is 1.60. The molecule has 1 aliphatic rings. The molecule has 1 heterocycles. The minimum absolute atomic E-state index is 0.130. The van der Waals surface area contributed by atoms with Gasteiger partial charge >= 0.3 is 6.03 Å². The van der Waals surface area contributed by atoms with Crippen molar-refractivity contribution in [2.45, 2.75) is 45.1 Å². The molecule has 0 spiro atoms. The van der Waals surface area contributed by atoms with Crippen LogP contribution in [0.2, 0.25) is 0 Å². The second-order valence-electron chi connectivity index (χ2n) is 5.99. The number of amides is 3. The Morgan fingerprint density at radius 2 is 1.62 bits per heavy atom. The lowest BCUT2D eigenvalue weighted by atomic mass is 9.88. The molecular weight excluding hydrogens is 308 g/mol. The van der Waals surface area contributed by atoms with Gasteiger partial charge < -0.3 is 14.8 Å². The van der Waals surface area contributed by atoms with Gasteiger partial charge in [-0.05, 0) is 37.1 Å². The van der Waals surface area contributed by atoms with Gasteiger partial charge in [0, 0.05) is 0 Å². The number of urea groups is 1. The summed E-state index contributed by atoms with van der Waals surface area (Å²) in [6, 6.07) is 6.87. The van der Waals surface area contributed by atoms with E-state index in [2.05, 4.69) is 5.32 Å². The van der Waals surface area contributed by atoms with Crippen LogP contribution < -0.4 is 14.8 Å². The van der Waals surface area contributed by atoms with E-state index in [1.54, 1.807) is 31.4 Å². The molecule has 1 N–H and O–H groups in total. The lowest BCUT2D eigenvalue weighted by molar-refractivity contribution is -0.132. The summed E-state index contributed by atoms with van der Waals surface area (Å²) < 4.78 is 10.7. The van der Waals surface area contributed by atoms with Crippen LogP contribution in [0, 0.1) is 0 Å². The third-order valence-electron chi connectivity index (χ3n) is 4.24. The molecule has 0 unspecified atom stereocenters. The fourth-order valence-electron chi connectivity index (χ4n) is 3.12. The van der Waals surface area contributed by atoms with Crippen LogP contribution in [0.15, 0.2) is 24.3 Å². The third kappa shape index (κ3) is 3.80. The van der Waals surface area contributed by atoms with Gasteiger partial charge in [0.05, 0.1) is 13.7 Å². The highest BCUT2D eigenvalue weighted by atomic mass is 16.5. The predicted molar refractivity (Wildman–Crippen MR) is 91.3 cm³/mol. The molecule has 6 nitrogen and oxygen atoms in total. The quantitative estimate of drug-likeness (QED) is 0.705. The highest BCUT2D eigenvalue weighted by Gasteiger charge is 2.49. The van der Waals surface area contributed by atoms with Crippen molar-refractivity contribution in [2.75, 3.05) is 20.3 Å². The van der Waals surface area contributed by atoms with Gasteiger partial charge in [0.15, 0.2) is 0 Å². The zero-order valence-corrected chi connectivity index (χ0v) is 14.6. The molecule has 0 atom stereocenters. The smallest absolute Gasteiger partial charge is 0.325 e. The van der Waals surface area contributed by atoms with E-state index < -0.39 is 5.54 Å². The van der Waals surface area contributed by atoms with Crippen molar-refractivity contribution in [3.05, 3.63) is 24.3 Å². The molecule has 0 aromatic heterocycles. The van der Waals surface area contributed by atoms with Crippen LogP contribution in [0.25, 0.3) is 0 Å². The van der Waals surface area contributed by atoms with E-state index >= 15 is 0 Å². The molecule has 132 valence electrons. The first-order chi connectivity index (χ1) is 11.6. The molecule has 0 saturated carbocycles. The maximum Gasteiger partial charge on any atom is 0.325 e. The summed E-state index contributed by atoms with van der Waals surface area (Å²) in [4.78, 5) is 26.2. The minimum atomic E-state index is -0.735. The third-order valence-corrected chi connectivity index (χ3v) is 4.24. The number of hydrogen-bond acceptors (Lipinski definition) is 4. The summed E-state index contributed by atoms with van der Waals surface area (Å²) in [5.74, 6) is 1.30. The number of methoxy groups -OCH3 is 1. The van der Waals surface area contributed by atoms with Crippen molar-refractivity contribution in [3.63, 3.8) is 0 Å². The standard InChI is InChI=1S/C18H26N2O4/c1-4-10-18(11-5-2)16(21)20(17(22)19-18)12-13-24-15-8-6-14(23-3)7-9-15/h6-9H,4-5,10-13H2,1-3H3,(H,19,22). The molecule has 1 aromatic carbocycles. The molecule has 1 fully saturated rings. The van der Waals surface area contributed by atoms with Crippen LogP contribution in [-0.2, 0) is 4.79 Å². The second-order valence-corrected chi connectivity index (χ2v) is 5.99. The van der Waals surface area contributed by atoms with E-state index in [0.29, 0.717) is 18.6 Å². The molecule has 24 heavy (non-hydrogen) atoms. The fraction of sp³-hybridized carbons (Fsp3) is 0.556. The second kappa shape index (κ2) is 8.04. The van der Waals surface area contributed by atoms with Gasteiger partial charge in [-0.25, -0.2) is 4.79 Å². The molecule has 3 amide bonds. The van der Waals surface area contributed by atoms with Crippen LogP contribution in [0.1, 0.15) is 39.5 Å². The Labute approximate surface area is 143 Å². The van der Waals surface area contributed by atoms with E-state index in [0.717, 1.165) is 18.6 Å². The highest BCUT2D eigenvalue weighted by Crippen LogP contribution is 2.28. The van der Waals surface area contributed by atoms with E-state index in [1.165, 1.54) is 4.90 Å². The molecule has 6 heteroatoms. The fourth-order valence-corrected chi connectivity index (χ4v) is 3.12. The lowest BCUT2D eigenvalue weighted by Gasteiger charge is -2.25. The van der Waals surface area contributed by atoms with Crippen LogP contribution in [0.5, 0.6) is 11.5 Å². The SMILES string of the molecule is CCCC1(CCC)NC(=O)N(CCOc2ccc(OC)cc2)C1=O. The monoisotopic (exact) mass is 334 g/mol. The van der Waals surface area contributed by atoms with Gasteiger partial charge in [0.25, 0.3) is 5.91 Å². The zero-order valence-electron chi connectivity index (χ0n) is 14.6. The first-order valence-electron chi connectivity index (χ1n) is 8.47. The summed E-state index contributed by atoms with van der Waals surface area (Å²) >= 11 is 0. The predicted octanol–water partition coefficient (Wildman–Crippen LogP) is 2.96. The van der Waals surface area contributed by atoms with Crippen molar-refractivity contribution in [3.8, 4) is 11.5 Å². The summed E-state index contributed by atoms with van der Waals surface area (Å²) in [6.45, 7) is 4.55. The van der Waals surface area contributed by atoms with Crippen LogP contribution >= 0.6 is 0 Å². The van der Waals surface area contributed by atoms with Crippen LogP contribution in [0.4, 0.5) is 4.79 Å². The highest BCUT2D eigenvalue weighted by molar-refractivity contribution is 6.07. The normalized spacial score (nSPS) is 16.2. The van der Waals surface area contributed by atoms with E-state index in [4.69, 9.17) is 9.47 Å². The van der Waals surface area contributed by atoms with Crippen LogP contribution in [0.3, 0.4) is 0 Å². The van der Waals surface area contributed by atoms with Gasteiger partial charge in [-0.2, -0.15) is 0 Å². The average Bonchev–Trinajstić information content (AvgIpc) is 2.80. The number of imide groups is 1. The number of benzene rings is 1. The molecular formula is C18H26N2O4. The van der Waals surface area contributed by atoms with E-state index in [9.17, 15) is 9.59 Å². The van der Waals surface area contributed by atoms with Crippen molar-refractivity contribution >= 4 is 11.9 Å². The molecule has 0 radical (unpaired) electrons. The largest absolute Gasteiger partial charge is 0.497 e. The zero-order chi connectivity index (χ0) is 17.6. The summed E-state index contributed by atoms with van der Waals surface area (Å²) in [5.41, 5.74) is -0.735. The van der Waals surface area contributed by atoms with Gasteiger partial charge in [0.1, 0.15) is 23.6 Å². The van der Waals surface area contributed by atoms with Crippen LogP contribution in [-0.4, -0.2) is 42.6 Å². The number of nitrogens with one attached hydrogen (secondary N) is 1. The van der Waals surface area contributed by atoms with E-state index in [1.807, 2.05) is 13.8 Å². The topological polar surface area (TPSA) is 67.9 Å². The first-order valence-corrected chi connectivity index (χ1v) is 8.47. The number of ether oxygens (including phenoxy) is 2. The van der Waals surface area contributed by atoms with Gasteiger partial charge in [-0.15, -0.1) is 0 Å². The Morgan fingerprint density at radius 1 is 1.04 bits per heavy atom. The molecule has 1 aliphatic heterocycles. The van der Waals surface area contributed by atoms with Gasteiger partial charge in [-0.1, -0.05) is 26.7 Å². The first kappa shape index (κ1) is 18.1. The Bertz CT molecular complexity index is 565. The molecule has 1 saturated heterocycles. The van der Waals surface area contributed by atoms with Crippen molar-refractivity contribution in [2.24, 2.45) is 0 Å². The molecule has 0 aliphatic carbocycles. The molecule has 0 bridgehead atoms. The maximum atomic E-state index is 12.7. The number of hydrogen-bond donors (Lipinski definition) is 1. The molecule has 2 rings (SSSR count). The van der Waals surface area contributed by atoms with Crippen molar-refractivity contribution in [1.82, 2.24) is 10.2 Å². The average molecular weight is 334 g/mol. The maximum absolute atomic E-state index is 12.7. The molecule has 1 aromatic rings. The minimum Gasteiger partial charge on any atom is -0.497 e. The van der Waals surface area contributed by atoms with Crippen molar-refractivity contribution in [1.29, 1.82) is 0 Å². The van der Waals surface area contributed by atoms with E-state index in [-0.39, 0.29) is 25.1 Å². The lowest BCUT2D eigenvalue weighted by Crippen LogP contribution is -2.47. The number of nitrogens with zero attached hydrogens (tertiary/aromatic N) is 1. The Hall–Kier alpha value is -2.24. The van der Waals surface area contributed by atoms with Crippen molar-refractivity contribution < 1.29 is 19.1 Å². The summed E-state index contributed by atoms with van der Waals surface area (Å²) in [5, 5.41) is 2.90. The van der Waals surface area contributed by atoms with Gasteiger partial charge in [-0.3, -0.25) is 9.69 Å². The Kier molecular flexibility index (Phi) is 6.06. The number of rotatable bonds is 9. The Morgan fingerprint density at radius 3 is 2.17 bits per heavy atom. The summed E-state index contributed by atoms with van der Waals surface area (Å²) in [6.07, 6.45) is 3.03. The Balaban J connectivity index is 1.94. The van der Waals surface area contributed by atoms with Gasteiger partial charge in [0.2, 0.25) is 0 Å². The number of carbonyl (C=O) groups is 2. The number of carbonyl (C=O) groups excluding carboxylic acids is 2.